The van der Waals surface area contributed by atoms with Gasteiger partial charge >= 0.3 is 0 Å². The van der Waals surface area contributed by atoms with Gasteiger partial charge in [-0.05, 0) is 50.1 Å². The quantitative estimate of drug-likeness (QED) is 0.362. The lowest BCUT2D eigenvalue weighted by Crippen LogP contribution is -1.94. The van der Waals surface area contributed by atoms with Gasteiger partial charge in [-0.15, -0.1) is 0 Å². The van der Waals surface area contributed by atoms with Gasteiger partial charge in [0.15, 0.2) is 0 Å². The number of aromatic amines is 2. The Balaban J connectivity index is 1.51. The summed E-state index contributed by atoms with van der Waals surface area (Å²) in [6.45, 7) is 4.90. The van der Waals surface area contributed by atoms with Gasteiger partial charge in [0.05, 0.1) is 18.0 Å². The zero-order valence-electron chi connectivity index (χ0n) is 18.0. The van der Waals surface area contributed by atoms with E-state index in [4.69, 9.17) is 9.73 Å². The molecule has 0 saturated carbocycles. The first-order valence-electron chi connectivity index (χ1n) is 11.3. The summed E-state index contributed by atoms with van der Waals surface area (Å²) in [4.78, 5) is 11.5. The first-order valence-corrected chi connectivity index (χ1v) is 11.3. The Morgan fingerprint density at radius 1 is 0.966 bits per heavy atom. The van der Waals surface area contributed by atoms with Crippen molar-refractivity contribution in [2.45, 2.75) is 71.6 Å². The standard InChI is InChI=1S/C25H35N3O/c1-3-5-6-7-8-9-10-11-13-20-15-16-21(27-20)18-24-25(29-4-2)19-23(28-24)22-14-12-17-26-22/h12,14-19,26-27H,3-11,13H2,1-2H3/b24-18-. The molecular formula is C25H35N3O. The SMILES string of the molecule is CCCCCCCCCCc1ccc(/C=C2\N=C(c3ccc[nH]3)C=C2OCC)[nH]1. The fourth-order valence-corrected chi connectivity index (χ4v) is 3.70. The number of aliphatic imine (C=N–C) groups is 1. The maximum absolute atomic E-state index is 5.80. The first-order chi connectivity index (χ1) is 14.3. The fourth-order valence-electron chi connectivity index (χ4n) is 3.70. The molecule has 0 bridgehead atoms. The van der Waals surface area contributed by atoms with Crippen molar-refractivity contribution in [3.05, 3.63) is 65.1 Å². The summed E-state index contributed by atoms with van der Waals surface area (Å²) in [6.07, 6.45) is 17.9. The zero-order valence-corrected chi connectivity index (χ0v) is 18.0. The highest BCUT2D eigenvalue weighted by Gasteiger charge is 2.17. The molecule has 0 amide bonds. The summed E-state index contributed by atoms with van der Waals surface area (Å²) in [6, 6.07) is 8.34. The second kappa shape index (κ2) is 11.5. The number of nitrogens with one attached hydrogen (secondary N) is 2. The molecule has 3 rings (SSSR count). The molecule has 29 heavy (non-hydrogen) atoms. The molecule has 1 aliphatic rings. The predicted molar refractivity (Wildman–Crippen MR) is 122 cm³/mol. The Hall–Kier alpha value is -2.49. The van der Waals surface area contributed by atoms with Crippen molar-refractivity contribution in [1.29, 1.82) is 0 Å². The average Bonchev–Trinajstić information content (AvgIpc) is 3.46. The van der Waals surface area contributed by atoms with Gasteiger partial charge in [-0.2, -0.15) is 0 Å². The van der Waals surface area contributed by atoms with Gasteiger partial charge in [0, 0.05) is 23.7 Å². The smallest absolute Gasteiger partial charge is 0.147 e. The molecular weight excluding hydrogens is 358 g/mol. The van der Waals surface area contributed by atoms with Gasteiger partial charge in [0.25, 0.3) is 0 Å². The Labute approximate surface area is 175 Å². The molecule has 2 N–H and O–H groups in total. The van der Waals surface area contributed by atoms with Crippen molar-refractivity contribution in [3.8, 4) is 0 Å². The average molecular weight is 394 g/mol. The van der Waals surface area contributed by atoms with Crippen molar-refractivity contribution in [3.63, 3.8) is 0 Å². The van der Waals surface area contributed by atoms with Crippen LogP contribution in [0, 0.1) is 0 Å². The third-order valence-corrected chi connectivity index (χ3v) is 5.30. The number of ether oxygens (including phenoxy) is 1. The van der Waals surface area contributed by atoms with Gasteiger partial charge in [0.1, 0.15) is 11.5 Å². The lowest BCUT2D eigenvalue weighted by Gasteiger charge is -2.04. The van der Waals surface area contributed by atoms with Gasteiger partial charge < -0.3 is 14.7 Å². The number of nitrogens with zero attached hydrogens (tertiary/aromatic N) is 1. The number of hydrogen-bond acceptors (Lipinski definition) is 2. The fraction of sp³-hybridized carbons (Fsp3) is 0.480. The van der Waals surface area contributed by atoms with Gasteiger partial charge in [-0.3, -0.25) is 0 Å². The van der Waals surface area contributed by atoms with Crippen LogP contribution in [0.4, 0.5) is 0 Å². The highest BCUT2D eigenvalue weighted by Crippen LogP contribution is 2.25. The molecule has 0 aromatic carbocycles. The minimum Gasteiger partial charge on any atom is -0.492 e. The number of aromatic nitrogens is 2. The first kappa shape index (κ1) is 21.2. The minimum atomic E-state index is 0.630. The minimum absolute atomic E-state index is 0.630. The monoisotopic (exact) mass is 393 g/mol. The van der Waals surface area contributed by atoms with Crippen LogP contribution in [0.1, 0.15) is 82.3 Å². The van der Waals surface area contributed by atoms with E-state index in [1.807, 2.05) is 31.3 Å². The summed E-state index contributed by atoms with van der Waals surface area (Å²) in [5.41, 5.74) is 5.17. The predicted octanol–water partition coefficient (Wildman–Crippen LogP) is 6.79. The molecule has 0 atom stereocenters. The Morgan fingerprint density at radius 2 is 1.76 bits per heavy atom. The highest BCUT2D eigenvalue weighted by molar-refractivity contribution is 6.11. The van der Waals surface area contributed by atoms with Crippen LogP contribution in [0.15, 0.2) is 53.0 Å². The molecule has 2 aromatic rings. The number of hydrogen-bond donors (Lipinski definition) is 2. The number of rotatable bonds is 13. The van der Waals surface area contributed by atoms with Crippen molar-refractivity contribution in [1.82, 2.24) is 9.97 Å². The summed E-state index contributed by atoms with van der Waals surface area (Å²) in [5.74, 6) is 0.830. The largest absolute Gasteiger partial charge is 0.492 e. The van der Waals surface area contributed by atoms with Crippen LogP contribution < -0.4 is 0 Å². The van der Waals surface area contributed by atoms with E-state index in [1.165, 1.54) is 57.1 Å². The molecule has 3 heterocycles. The Morgan fingerprint density at radius 3 is 2.48 bits per heavy atom. The number of H-pyrrole nitrogens is 2. The number of allylic oxidation sites excluding steroid dienone is 1. The van der Waals surface area contributed by atoms with Crippen LogP contribution in [-0.4, -0.2) is 22.3 Å². The molecule has 4 heteroatoms. The van der Waals surface area contributed by atoms with Crippen LogP contribution >= 0.6 is 0 Å². The summed E-state index contributed by atoms with van der Waals surface area (Å²) in [5, 5.41) is 0. The normalized spacial score (nSPS) is 15.0. The summed E-state index contributed by atoms with van der Waals surface area (Å²) in [7, 11) is 0. The van der Waals surface area contributed by atoms with E-state index in [9.17, 15) is 0 Å². The summed E-state index contributed by atoms with van der Waals surface area (Å²) < 4.78 is 5.80. The van der Waals surface area contributed by atoms with Crippen LogP contribution in [0.2, 0.25) is 0 Å². The molecule has 4 nitrogen and oxygen atoms in total. The molecule has 2 aromatic heterocycles. The second-order valence-corrected chi connectivity index (χ2v) is 7.72. The summed E-state index contributed by atoms with van der Waals surface area (Å²) >= 11 is 0. The van der Waals surface area contributed by atoms with Crippen molar-refractivity contribution in [2.75, 3.05) is 6.61 Å². The van der Waals surface area contributed by atoms with E-state index in [0.29, 0.717) is 6.61 Å². The topological polar surface area (TPSA) is 53.2 Å². The molecule has 0 unspecified atom stereocenters. The van der Waals surface area contributed by atoms with Gasteiger partial charge in [-0.1, -0.05) is 51.9 Å². The van der Waals surface area contributed by atoms with E-state index in [2.05, 4.69) is 35.1 Å². The molecule has 1 aliphatic heterocycles. The van der Waals surface area contributed by atoms with Gasteiger partial charge in [-0.25, -0.2) is 4.99 Å². The van der Waals surface area contributed by atoms with Crippen molar-refractivity contribution < 1.29 is 4.74 Å². The lowest BCUT2D eigenvalue weighted by atomic mass is 10.1. The van der Waals surface area contributed by atoms with E-state index in [1.54, 1.807) is 0 Å². The third kappa shape index (κ3) is 6.52. The maximum atomic E-state index is 5.80. The maximum Gasteiger partial charge on any atom is 0.147 e. The van der Waals surface area contributed by atoms with E-state index >= 15 is 0 Å². The highest BCUT2D eigenvalue weighted by atomic mass is 16.5. The van der Waals surface area contributed by atoms with Crippen LogP contribution in [0.25, 0.3) is 6.08 Å². The molecule has 0 radical (unpaired) electrons. The van der Waals surface area contributed by atoms with Crippen LogP contribution in [-0.2, 0) is 11.2 Å². The molecule has 156 valence electrons. The Kier molecular flexibility index (Phi) is 8.41. The van der Waals surface area contributed by atoms with Crippen LogP contribution in [0.5, 0.6) is 0 Å². The van der Waals surface area contributed by atoms with E-state index < -0.39 is 0 Å². The zero-order chi connectivity index (χ0) is 20.3. The van der Waals surface area contributed by atoms with Crippen molar-refractivity contribution in [2.24, 2.45) is 4.99 Å². The number of unbranched alkanes of at least 4 members (excludes halogenated alkanes) is 7. The number of aryl methyl sites for hydroxylation is 1. The van der Waals surface area contributed by atoms with E-state index in [-0.39, 0.29) is 0 Å². The third-order valence-electron chi connectivity index (χ3n) is 5.30. The Bertz CT molecular complexity index is 824. The van der Waals surface area contributed by atoms with Crippen molar-refractivity contribution >= 4 is 11.8 Å². The van der Waals surface area contributed by atoms with E-state index in [0.717, 1.165) is 35.0 Å². The molecule has 0 fully saturated rings. The lowest BCUT2D eigenvalue weighted by molar-refractivity contribution is 0.239. The van der Waals surface area contributed by atoms with Crippen LogP contribution in [0.3, 0.4) is 0 Å². The molecule has 0 saturated heterocycles. The molecule has 0 aliphatic carbocycles. The van der Waals surface area contributed by atoms with Gasteiger partial charge in [0.2, 0.25) is 0 Å². The molecule has 0 spiro atoms. The second-order valence-electron chi connectivity index (χ2n) is 7.72.